The summed E-state index contributed by atoms with van der Waals surface area (Å²) >= 11 is 0. The summed E-state index contributed by atoms with van der Waals surface area (Å²) in [6, 6.07) is 10.3. The number of nitrogens with one attached hydrogen (secondary N) is 3. The fraction of sp³-hybridized carbons (Fsp3) is 0.286. The van der Waals surface area contributed by atoms with Crippen LogP contribution < -0.4 is 16.0 Å². The Labute approximate surface area is 168 Å². The Morgan fingerprint density at radius 1 is 1.07 bits per heavy atom. The Balaban J connectivity index is 1.62. The third kappa shape index (κ3) is 4.48. The maximum atomic E-state index is 12.4. The van der Waals surface area contributed by atoms with Crippen LogP contribution in [0.15, 0.2) is 48.8 Å². The van der Waals surface area contributed by atoms with Crippen LogP contribution in [0, 0.1) is 0 Å². The van der Waals surface area contributed by atoms with Crippen molar-refractivity contribution in [1.29, 1.82) is 0 Å². The van der Waals surface area contributed by atoms with Gasteiger partial charge in [0.15, 0.2) is 0 Å². The number of nitrogens with zero attached hydrogens (tertiary/aromatic N) is 1. The van der Waals surface area contributed by atoms with Crippen LogP contribution in [0.5, 0.6) is 0 Å². The van der Waals surface area contributed by atoms with Crippen molar-refractivity contribution in [3.05, 3.63) is 59.9 Å². The minimum absolute atomic E-state index is 0.223. The summed E-state index contributed by atoms with van der Waals surface area (Å²) in [6.45, 7) is 2.12. The molecule has 1 aromatic heterocycles. The Kier molecular flexibility index (Phi) is 6.01. The lowest BCUT2D eigenvalue weighted by atomic mass is 9.72. The number of imide groups is 1. The molecule has 150 valence electrons. The highest BCUT2D eigenvalue weighted by Crippen LogP contribution is 2.36. The highest BCUT2D eigenvalue weighted by atomic mass is 16.2. The summed E-state index contributed by atoms with van der Waals surface area (Å²) in [5, 5.41) is 7.49. The van der Waals surface area contributed by atoms with Gasteiger partial charge in [-0.2, -0.15) is 0 Å². The summed E-state index contributed by atoms with van der Waals surface area (Å²) in [5.74, 6) is -2.09. The number of hydrogen-bond acceptors (Lipinski definition) is 5. The van der Waals surface area contributed by atoms with Gasteiger partial charge in [-0.1, -0.05) is 19.1 Å². The molecular formula is C21H22N4O4. The fourth-order valence-electron chi connectivity index (χ4n) is 3.39. The molecule has 29 heavy (non-hydrogen) atoms. The van der Waals surface area contributed by atoms with Crippen molar-refractivity contribution in [2.45, 2.75) is 38.1 Å². The van der Waals surface area contributed by atoms with Crippen LogP contribution in [-0.4, -0.2) is 28.6 Å². The first-order valence-corrected chi connectivity index (χ1v) is 9.37. The molecule has 8 heteroatoms. The standard InChI is InChI=1S/C21H22N4O4/c1-2-21(10-7-17(26)25-20(21)29)15-3-5-16(6-4-15)24-19(28)18(27)23-13-14-8-11-22-12-9-14/h3-6,8-9,11-12H,2,7,10,13H2,1H3,(H,23,27)(H,24,28)(H,25,26,29). The molecule has 1 unspecified atom stereocenters. The SMILES string of the molecule is CCC1(c2ccc(NC(=O)C(=O)NCc3ccncc3)cc2)CCC(=O)NC1=O. The molecule has 4 amide bonds. The highest BCUT2D eigenvalue weighted by molar-refractivity contribution is 6.39. The van der Waals surface area contributed by atoms with E-state index in [2.05, 4.69) is 20.9 Å². The van der Waals surface area contributed by atoms with Gasteiger partial charge in [0.2, 0.25) is 11.8 Å². The zero-order chi connectivity index (χ0) is 20.9. The van der Waals surface area contributed by atoms with Crippen LogP contribution in [0.25, 0.3) is 0 Å². The van der Waals surface area contributed by atoms with E-state index in [1.807, 2.05) is 6.92 Å². The minimum Gasteiger partial charge on any atom is -0.344 e. The van der Waals surface area contributed by atoms with Crippen LogP contribution in [0.4, 0.5) is 5.69 Å². The number of benzene rings is 1. The van der Waals surface area contributed by atoms with Gasteiger partial charge in [-0.3, -0.25) is 29.5 Å². The van der Waals surface area contributed by atoms with Crippen molar-refractivity contribution >= 4 is 29.3 Å². The van der Waals surface area contributed by atoms with E-state index < -0.39 is 17.2 Å². The molecule has 0 aliphatic carbocycles. The van der Waals surface area contributed by atoms with E-state index in [0.29, 0.717) is 18.5 Å². The summed E-state index contributed by atoms with van der Waals surface area (Å²) in [7, 11) is 0. The second kappa shape index (κ2) is 8.64. The van der Waals surface area contributed by atoms with Gasteiger partial charge in [0.1, 0.15) is 0 Å². The molecule has 1 aliphatic rings. The number of amides is 4. The lowest BCUT2D eigenvalue weighted by molar-refractivity contribution is -0.138. The van der Waals surface area contributed by atoms with Crippen LogP contribution in [0.3, 0.4) is 0 Å². The summed E-state index contributed by atoms with van der Waals surface area (Å²) < 4.78 is 0. The van der Waals surface area contributed by atoms with E-state index in [-0.39, 0.29) is 24.8 Å². The van der Waals surface area contributed by atoms with E-state index in [1.165, 1.54) is 0 Å². The molecule has 8 nitrogen and oxygen atoms in total. The lowest BCUT2D eigenvalue weighted by Gasteiger charge is -2.35. The Morgan fingerprint density at radius 2 is 1.76 bits per heavy atom. The number of carbonyl (C=O) groups is 4. The number of anilines is 1. The molecule has 0 spiro atoms. The molecule has 0 bridgehead atoms. The molecule has 3 N–H and O–H groups in total. The number of hydrogen-bond donors (Lipinski definition) is 3. The average Bonchev–Trinajstić information content (AvgIpc) is 2.74. The Bertz CT molecular complexity index is 927. The predicted molar refractivity (Wildman–Crippen MR) is 106 cm³/mol. The maximum absolute atomic E-state index is 12.4. The maximum Gasteiger partial charge on any atom is 0.313 e. The first-order chi connectivity index (χ1) is 13.9. The van der Waals surface area contributed by atoms with E-state index in [4.69, 9.17) is 0 Å². The third-order valence-electron chi connectivity index (χ3n) is 5.17. The summed E-state index contributed by atoms with van der Waals surface area (Å²) in [4.78, 5) is 51.9. The second-order valence-electron chi connectivity index (χ2n) is 6.88. The molecule has 1 saturated heterocycles. The van der Waals surface area contributed by atoms with Crippen molar-refractivity contribution in [1.82, 2.24) is 15.6 Å². The molecule has 1 atom stereocenters. The van der Waals surface area contributed by atoms with Gasteiger partial charge in [-0.05, 0) is 48.2 Å². The summed E-state index contributed by atoms with van der Waals surface area (Å²) in [5.41, 5.74) is 1.28. The monoisotopic (exact) mass is 394 g/mol. The van der Waals surface area contributed by atoms with E-state index in [0.717, 1.165) is 11.1 Å². The lowest BCUT2D eigenvalue weighted by Crippen LogP contribution is -2.51. The van der Waals surface area contributed by atoms with Gasteiger partial charge >= 0.3 is 11.8 Å². The summed E-state index contributed by atoms with van der Waals surface area (Å²) in [6.07, 6.45) is 4.49. The highest BCUT2D eigenvalue weighted by Gasteiger charge is 2.42. The molecule has 0 radical (unpaired) electrons. The molecule has 2 heterocycles. The zero-order valence-electron chi connectivity index (χ0n) is 16.0. The molecule has 3 rings (SSSR count). The third-order valence-corrected chi connectivity index (χ3v) is 5.17. The molecule has 0 saturated carbocycles. The first kappa shape index (κ1) is 20.2. The van der Waals surface area contributed by atoms with Crippen molar-refractivity contribution in [3.63, 3.8) is 0 Å². The molecule has 1 aromatic carbocycles. The van der Waals surface area contributed by atoms with E-state index >= 15 is 0 Å². The topological polar surface area (TPSA) is 117 Å². The van der Waals surface area contributed by atoms with Crippen LogP contribution in [-0.2, 0) is 31.1 Å². The van der Waals surface area contributed by atoms with Gasteiger partial charge in [0.05, 0.1) is 5.41 Å². The van der Waals surface area contributed by atoms with Gasteiger partial charge in [-0.25, -0.2) is 0 Å². The van der Waals surface area contributed by atoms with Crippen molar-refractivity contribution in [3.8, 4) is 0 Å². The van der Waals surface area contributed by atoms with Crippen LogP contribution in [0.1, 0.15) is 37.3 Å². The van der Waals surface area contributed by atoms with Crippen molar-refractivity contribution in [2.24, 2.45) is 0 Å². The number of carbonyl (C=O) groups excluding carboxylic acids is 4. The fourth-order valence-corrected chi connectivity index (χ4v) is 3.39. The quantitative estimate of drug-likeness (QED) is 0.524. The molecule has 1 fully saturated rings. The first-order valence-electron chi connectivity index (χ1n) is 9.37. The van der Waals surface area contributed by atoms with Gasteiger partial charge < -0.3 is 10.6 Å². The van der Waals surface area contributed by atoms with Crippen molar-refractivity contribution < 1.29 is 19.2 Å². The minimum atomic E-state index is -0.780. The van der Waals surface area contributed by atoms with Crippen molar-refractivity contribution in [2.75, 3.05) is 5.32 Å². The zero-order valence-corrected chi connectivity index (χ0v) is 16.0. The predicted octanol–water partition coefficient (Wildman–Crippen LogP) is 1.42. The number of piperidine rings is 1. The van der Waals surface area contributed by atoms with Crippen LogP contribution in [0.2, 0.25) is 0 Å². The van der Waals surface area contributed by atoms with Gasteiger partial charge in [0.25, 0.3) is 0 Å². The number of aromatic nitrogens is 1. The number of pyridine rings is 1. The molecule has 1 aliphatic heterocycles. The second-order valence-corrected chi connectivity index (χ2v) is 6.88. The average molecular weight is 394 g/mol. The largest absolute Gasteiger partial charge is 0.344 e. The van der Waals surface area contributed by atoms with Crippen LogP contribution >= 0.6 is 0 Å². The Hall–Kier alpha value is -3.55. The van der Waals surface area contributed by atoms with E-state index in [1.54, 1.807) is 48.8 Å². The van der Waals surface area contributed by atoms with Gasteiger partial charge in [-0.15, -0.1) is 0 Å². The van der Waals surface area contributed by atoms with E-state index in [9.17, 15) is 19.2 Å². The Morgan fingerprint density at radius 3 is 2.38 bits per heavy atom. The molecule has 2 aromatic rings. The smallest absolute Gasteiger partial charge is 0.313 e. The number of rotatable bonds is 5. The normalized spacial score (nSPS) is 18.7. The molecular weight excluding hydrogens is 372 g/mol. The van der Waals surface area contributed by atoms with Gasteiger partial charge in [0, 0.05) is 31.0 Å².